The molecule has 0 bridgehead atoms. The zero-order chi connectivity index (χ0) is 15.9. The van der Waals surface area contributed by atoms with E-state index in [1.807, 2.05) is 6.92 Å². The summed E-state index contributed by atoms with van der Waals surface area (Å²) < 4.78 is 33.9. The molecule has 2 N–H and O–H groups in total. The summed E-state index contributed by atoms with van der Waals surface area (Å²) in [6.45, 7) is 1.74. The maximum absolute atomic E-state index is 12.4. The molecule has 22 heavy (non-hydrogen) atoms. The molecule has 3 rings (SSSR count). The van der Waals surface area contributed by atoms with Crippen molar-refractivity contribution in [1.29, 1.82) is 0 Å². The highest BCUT2D eigenvalue weighted by Gasteiger charge is 2.21. The highest BCUT2D eigenvalue weighted by molar-refractivity contribution is 7.92. The fourth-order valence-corrected chi connectivity index (χ4v) is 3.05. The lowest BCUT2D eigenvalue weighted by molar-refractivity contribution is -0.118. The minimum Gasteiger partial charge on any atom is -0.482 e. The molecule has 0 fully saturated rings. The molecule has 0 spiro atoms. The number of aromatic nitrogens is 2. The Morgan fingerprint density at radius 1 is 1.36 bits per heavy atom. The number of sulfonamides is 1. The van der Waals surface area contributed by atoms with E-state index in [4.69, 9.17) is 4.74 Å². The maximum Gasteiger partial charge on any atom is 0.263 e. The first-order valence-corrected chi connectivity index (χ1v) is 7.94. The molecule has 1 aliphatic heterocycles. The van der Waals surface area contributed by atoms with Crippen LogP contribution < -0.4 is 14.8 Å². The number of hydrogen-bond acceptors (Lipinski definition) is 5. The monoisotopic (exact) mass is 322 g/mol. The van der Waals surface area contributed by atoms with E-state index in [-0.39, 0.29) is 23.2 Å². The average Bonchev–Trinajstić information content (AvgIpc) is 2.75. The van der Waals surface area contributed by atoms with Gasteiger partial charge in [0.05, 0.1) is 10.6 Å². The van der Waals surface area contributed by atoms with Crippen molar-refractivity contribution in [2.24, 2.45) is 7.05 Å². The lowest BCUT2D eigenvalue weighted by Crippen LogP contribution is -2.25. The van der Waals surface area contributed by atoms with Crippen LogP contribution in [0.4, 0.5) is 11.5 Å². The number of anilines is 2. The van der Waals surface area contributed by atoms with Crippen molar-refractivity contribution in [1.82, 2.24) is 9.78 Å². The fraction of sp³-hybridized carbons (Fsp3) is 0.231. The molecule has 1 aromatic carbocycles. The number of ether oxygens (including phenoxy) is 1. The van der Waals surface area contributed by atoms with Gasteiger partial charge in [-0.15, -0.1) is 0 Å². The highest BCUT2D eigenvalue weighted by Crippen LogP contribution is 2.30. The van der Waals surface area contributed by atoms with Crippen molar-refractivity contribution in [3.63, 3.8) is 0 Å². The third kappa shape index (κ3) is 2.62. The normalized spacial score (nSPS) is 14.0. The van der Waals surface area contributed by atoms with Crippen LogP contribution >= 0.6 is 0 Å². The van der Waals surface area contributed by atoms with Gasteiger partial charge in [-0.3, -0.25) is 14.2 Å². The molecule has 2 aromatic rings. The predicted molar refractivity (Wildman–Crippen MR) is 79.3 cm³/mol. The van der Waals surface area contributed by atoms with Gasteiger partial charge in [-0.05, 0) is 25.1 Å². The van der Waals surface area contributed by atoms with Crippen LogP contribution in [0.25, 0.3) is 0 Å². The Morgan fingerprint density at radius 3 is 2.82 bits per heavy atom. The second-order valence-corrected chi connectivity index (χ2v) is 6.58. The van der Waals surface area contributed by atoms with E-state index in [1.54, 1.807) is 17.8 Å². The molecule has 116 valence electrons. The standard InChI is InChI=1S/C13H14N4O4S/c1-8-5-12(15-17(8)2)16-22(19,20)9-3-4-11-10(6-9)14-13(18)7-21-11/h3-6H,7H2,1-2H3,(H,14,18)(H,15,16). The third-order valence-corrected chi connectivity index (χ3v) is 4.60. The Kier molecular flexibility index (Phi) is 3.28. The van der Waals surface area contributed by atoms with Crippen LogP contribution in [0.5, 0.6) is 5.75 Å². The molecular formula is C13H14N4O4S. The van der Waals surface area contributed by atoms with E-state index in [1.165, 1.54) is 18.2 Å². The van der Waals surface area contributed by atoms with Crippen LogP contribution in [0.3, 0.4) is 0 Å². The van der Waals surface area contributed by atoms with Gasteiger partial charge in [0, 0.05) is 18.8 Å². The highest BCUT2D eigenvalue weighted by atomic mass is 32.2. The Morgan fingerprint density at radius 2 is 2.14 bits per heavy atom. The molecule has 0 saturated carbocycles. The zero-order valence-electron chi connectivity index (χ0n) is 12.0. The van der Waals surface area contributed by atoms with E-state index in [0.29, 0.717) is 11.4 Å². The summed E-state index contributed by atoms with van der Waals surface area (Å²) >= 11 is 0. The summed E-state index contributed by atoms with van der Waals surface area (Å²) in [5.41, 5.74) is 1.15. The Hall–Kier alpha value is -2.55. The van der Waals surface area contributed by atoms with Crippen molar-refractivity contribution < 1.29 is 17.9 Å². The van der Waals surface area contributed by atoms with E-state index < -0.39 is 10.0 Å². The predicted octanol–water partition coefficient (Wildman–Crippen LogP) is 0.860. The Balaban J connectivity index is 1.92. The topological polar surface area (TPSA) is 102 Å². The summed E-state index contributed by atoms with van der Waals surface area (Å²) in [5.74, 6) is 0.348. The molecule has 8 nitrogen and oxygen atoms in total. The van der Waals surface area contributed by atoms with Crippen LogP contribution in [-0.2, 0) is 21.9 Å². The van der Waals surface area contributed by atoms with Gasteiger partial charge in [-0.2, -0.15) is 5.10 Å². The molecular weight excluding hydrogens is 308 g/mol. The maximum atomic E-state index is 12.4. The average molecular weight is 322 g/mol. The Bertz CT molecular complexity index is 837. The van der Waals surface area contributed by atoms with Crippen molar-refractivity contribution >= 4 is 27.4 Å². The minimum atomic E-state index is -3.80. The molecule has 0 saturated heterocycles. The molecule has 9 heteroatoms. The molecule has 1 aromatic heterocycles. The first kappa shape index (κ1) is 14.4. The summed E-state index contributed by atoms with van der Waals surface area (Å²) in [7, 11) is -2.08. The number of fused-ring (bicyclic) bond motifs is 1. The number of carbonyl (C=O) groups excluding carboxylic acids is 1. The number of amides is 1. The van der Waals surface area contributed by atoms with Gasteiger partial charge in [0.2, 0.25) is 0 Å². The van der Waals surface area contributed by atoms with Gasteiger partial charge in [0.25, 0.3) is 15.9 Å². The quantitative estimate of drug-likeness (QED) is 0.872. The minimum absolute atomic E-state index is 0.0142. The van der Waals surface area contributed by atoms with E-state index in [2.05, 4.69) is 15.1 Å². The smallest absolute Gasteiger partial charge is 0.263 e. The second-order valence-electron chi connectivity index (χ2n) is 4.89. The van der Waals surface area contributed by atoms with Gasteiger partial charge in [-0.25, -0.2) is 8.42 Å². The number of nitrogens with zero attached hydrogens (tertiary/aromatic N) is 2. The van der Waals surface area contributed by atoms with Crippen molar-refractivity contribution in [3.8, 4) is 5.75 Å². The van der Waals surface area contributed by atoms with Crippen molar-refractivity contribution in [2.45, 2.75) is 11.8 Å². The largest absolute Gasteiger partial charge is 0.482 e. The zero-order valence-corrected chi connectivity index (χ0v) is 12.8. The van der Waals surface area contributed by atoms with Crippen LogP contribution in [0.15, 0.2) is 29.2 Å². The van der Waals surface area contributed by atoms with Gasteiger partial charge < -0.3 is 10.1 Å². The number of aryl methyl sites for hydroxylation is 2. The number of rotatable bonds is 3. The SMILES string of the molecule is Cc1cc(NS(=O)(=O)c2ccc3c(c2)NC(=O)CO3)nn1C. The summed E-state index contributed by atoms with van der Waals surface area (Å²) in [5, 5.41) is 6.63. The number of hydrogen-bond donors (Lipinski definition) is 2. The van der Waals surface area contributed by atoms with Crippen LogP contribution in [-0.4, -0.2) is 30.7 Å². The number of carbonyl (C=O) groups is 1. The van der Waals surface area contributed by atoms with Crippen molar-refractivity contribution in [2.75, 3.05) is 16.6 Å². The van der Waals surface area contributed by atoms with Gasteiger partial charge in [-0.1, -0.05) is 0 Å². The van der Waals surface area contributed by atoms with Crippen molar-refractivity contribution in [3.05, 3.63) is 30.0 Å². The molecule has 0 aliphatic carbocycles. The fourth-order valence-electron chi connectivity index (χ4n) is 2.04. The molecule has 1 aliphatic rings. The first-order valence-electron chi connectivity index (χ1n) is 6.45. The molecule has 0 atom stereocenters. The molecule has 0 unspecified atom stereocenters. The summed E-state index contributed by atoms with van der Waals surface area (Å²) in [6.07, 6.45) is 0. The number of nitrogens with one attached hydrogen (secondary N) is 2. The van der Waals surface area contributed by atoms with Crippen LogP contribution in [0, 0.1) is 6.92 Å². The van der Waals surface area contributed by atoms with E-state index >= 15 is 0 Å². The number of benzene rings is 1. The first-order chi connectivity index (χ1) is 10.3. The lowest BCUT2D eigenvalue weighted by atomic mass is 10.2. The second kappa shape index (κ2) is 5.02. The Labute approximate surface area is 127 Å². The van der Waals surface area contributed by atoms with E-state index in [0.717, 1.165) is 5.69 Å². The van der Waals surface area contributed by atoms with Crippen LogP contribution in [0.2, 0.25) is 0 Å². The molecule has 2 heterocycles. The molecule has 0 radical (unpaired) electrons. The van der Waals surface area contributed by atoms with Crippen LogP contribution in [0.1, 0.15) is 5.69 Å². The third-order valence-electron chi connectivity index (χ3n) is 3.25. The van der Waals surface area contributed by atoms with E-state index in [9.17, 15) is 13.2 Å². The summed E-state index contributed by atoms with van der Waals surface area (Å²) in [4.78, 5) is 11.3. The van der Waals surface area contributed by atoms with Gasteiger partial charge >= 0.3 is 0 Å². The van der Waals surface area contributed by atoms with Gasteiger partial charge in [0.15, 0.2) is 12.4 Å². The lowest BCUT2D eigenvalue weighted by Gasteiger charge is -2.18. The molecule has 1 amide bonds. The van der Waals surface area contributed by atoms with Gasteiger partial charge in [0.1, 0.15) is 5.75 Å². The summed E-state index contributed by atoms with van der Waals surface area (Å²) in [6, 6.07) is 5.90.